The highest BCUT2D eigenvalue weighted by molar-refractivity contribution is 6.29. The van der Waals surface area contributed by atoms with Gasteiger partial charge in [-0.05, 0) is 19.8 Å². The summed E-state index contributed by atoms with van der Waals surface area (Å²) in [6.45, 7) is 2.98. The second kappa shape index (κ2) is 5.98. The SMILES string of the molecule is CCOCc1nc(Cl)cc(NC2CC=CC2)n1. The number of anilines is 1. The third-order valence-electron chi connectivity index (χ3n) is 2.54. The van der Waals surface area contributed by atoms with E-state index in [1.54, 1.807) is 6.07 Å². The van der Waals surface area contributed by atoms with Crippen LogP contribution in [0.15, 0.2) is 18.2 Å². The van der Waals surface area contributed by atoms with Gasteiger partial charge in [-0.2, -0.15) is 0 Å². The molecule has 0 fully saturated rings. The molecule has 4 nitrogen and oxygen atoms in total. The zero-order valence-corrected chi connectivity index (χ0v) is 10.6. The summed E-state index contributed by atoms with van der Waals surface area (Å²) in [7, 11) is 0. The first-order chi connectivity index (χ1) is 8.28. The lowest BCUT2D eigenvalue weighted by molar-refractivity contribution is 0.128. The molecule has 1 aliphatic carbocycles. The van der Waals surface area contributed by atoms with Crippen LogP contribution in [0.4, 0.5) is 5.82 Å². The molecule has 5 heteroatoms. The van der Waals surface area contributed by atoms with Gasteiger partial charge in [0.25, 0.3) is 0 Å². The molecule has 0 saturated carbocycles. The predicted octanol–water partition coefficient (Wildman–Crippen LogP) is 2.80. The van der Waals surface area contributed by atoms with Crippen molar-refractivity contribution in [1.29, 1.82) is 0 Å². The minimum atomic E-state index is 0.397. The first kappa shape index (κ1) is 12.3. The summed E-state index contributed by atoms with van der Waals surface area (Å²) in [6.07, 6.45) is 6.40. The van der Waals surface area contributed by atoms with Gasteiger partial charge >= 0.3 is 0 Å². The van der Waals surface area contributed by atoms with E-state index in [2.05, 4.69) is 27.4 Å². The third-order valence-corrected chi connectivity index (χ3v) is 2.73. The largest absolute Gasteiger partial charge is 0.374 e. The van der Waals surface area contributed by atoms with Crippen molar-refractivity contribution in [3.05, 3.63) is 29.2 Å². The molecule has 1 N–H and O–H groups in total. The molecule has 2 rings (SSSR count). The Kier molecular flexibility index (Phi) is 4.34. The Bertz CT molecular complexity index is 401. The maximum atomic E-state index is 5.95. The van der Waals surface area contributed by atoms with Crippen molar-refractivity contribution in [2.45, 2.75) is 32.4 Å². The van der Waals surface area contributed by atoms with Crippen molar-refractivity contribution >= 4 is 17.4 Å². The molecule has 0 aliphatic heterocycles. The lowest BCUT2D eigenvalue weighted by atomic mass is 10.2. The number of hydrogen-bond donors (Lipinski definition) is 1. The zero-order chi connectivity index (χ0) is 12.1. The van der Waals surface area contributed by atoms with E-state index in [4.69, 9.17) is 16.3 Å². The number of hydrogen-bond acceptors (Lipinski definition) is 4. The second-order valence-corrected chi connectivity index (χ2v) is 4.30. The van der Waals surface area contributed by atoms with Gasteiger partial charge in [0.05, 0.1) is 0 Å². The van der Waals surface area contributed by atoms with E-state index < -0.39 is 0 Å². The molecule has 0 atom stereocenters. The Labute approximate surface area is 106 Å². The highest BCUT2D eigenvalue weighted by atomic mass is 35.5. The quantitative estimate of drug-likeness (QED) is 0.648. The molecule has 0 bridgehead atoms. The van der Waals surface area contributed by atoms with Gasteiger partial charge in [-0.3, -0.25) is 0 Å². The molecule has 0 spiro atoms. The first-order valence-corrected chi connectivity index (χ1v) is 6.18. The van der Waals surface area contributed by atoms with Gasteiger partial charge in [0.15, 0.2) is 5.82 Å². The lowest BCUT2D eigenvalue weighted by Gasteiger charge is -2.13. The molecule has 0 radical (unpaired) electrons. The Balaban J connectivity index is 2.02. The molecule has 92 valence electrons. The van der Waals surface area contributed by atoms with Crippen LogP contribution in [0, 0.1) is 0 Å². The van der Waals surface area contributed by atoms with Gasteiger partial charge in [0.1, 0.15) is 17.6 Å². The monoisotopic (exact) mass is 253 g/mol. The van der Waals surface area contributed by atoms with Crippen LogP contribution in [-0.4, -0.2) is 22.6 Å². The summed E-state index contributed by atoms with van der Waals surface area (Å²) in [5.41, 5.74) is 0. The number of nitrogens with zero attached hydrogens (tertiary/aromatic N) is 2. The maximum absolute atomic E-state index is 5.95. The fourth-order valence-corrected chi connectivity index (χ4v) is 1.94. The summed E-state index contributed by atoms with van der Waals surface area (Å²) in [4.78, 5) is 8.49. The molecular formula is C12H16ClN3O. The summed E-state index contributed by atoms with van der Waals surface area (Å²) in [5.74, 6) is 1.39. The summed E-state index contributed by atoms with van der Waals surface area (Å²) in [6, 6.07) is 2.16. The fraction of sp³-hybridized carbons (Fsp3) is 0.500. The number of ether oxygens (including phenoxy) is 1. The van der Waals surface area contributed by atoms with Crippen LogP contribution >= 0.6 is 11.6 Å². The van der Waals surface area contributed by atoms with Crippen LogP contribution in [-0.2, 0) is 11.3 Å². The smallest absolute Gasteiger partial charge is 0.158 e. The normalized spacial score (nSPS) is 15.4. The molecule has 0 saturated heterocycles. The van der Waals surface area contributed by atoms with Crippen LogP contribution in [0.25, 0.3) is 0 Å². The molecule has 0 amide bonds. The van der Waals surface area contributed by atoms with E-state index in [1.807, 2.05) is 6.92 Å². The van der Waals surface area contributed by atoms with Crippen molar-refractivity contribution in [3.8, 4) is 0 Å². The van der Waals surface area contributed by atoms with Gasteiger partial charge in [0.2, 0.25) is 0 Å². The summed E-state index contributed by atoms with van der Waals surface area (Å²) < 4.78 is 5.28. The molecular weight excluding hydrogens is 238 g/mol. The van der Waals surface area contributed by atoms with Gasteiger partial charge in [-0.15, -0.1) is 0 Å². The Hall–Kier alpha value is -1.13. The van der Waals surface area contributed by atoms with E-state index in [9.17, 15) is 0 Å². The van der Waals surface area contributed by atoms with Gasteiger partial charge in [0, 0.05) is 18.7 Å². The highest BCUT2D eigenvalue weighted by Gasteiger charge is 2.11. The van der Waals surface area contributed by atoms with Crippen molar-refractivity contribution in [1.82, 2.24) is 9.97 Å². The molecule has 1 heterocycles. The molecule has 1 aromatic heterocycles. The van der Waals surface area contributed by atoms with Crippen LogP contribution in [0.5, 0.6) is 0 Å². The van der Waals surface area contributed by atoms with Gasteiger partial charge < -0.3 is 10.1 Å². The van der Waals surface area contributed by atoms with E-state index >= 15 is 0 Å². The maximum Gasteiger partial charge on any atom is 0.158 e. The molecule has 0 unspecified atom stereocenters. The number of aromatic nitrogens is 2. The van der Waals surface area contributed by atoms with E-state index in [1.165, 1.54) is 0 Å². The van der Waals surface area contributed by atoms with Crippen molar-refractivity contribution in [2.75, 3.05) is 11.9 Å². The van der Waals surface area contributed by atoms with Crippen molar-refractivity contribution in [3.63, 3.8) is 0 Å². The fourth-order valence-electron chi connectivity index (χ4n) is 1.74. The predicted molar refractivity (Wildman–Crippen MR) is 68.2 cm³/mol. The molecule has 1 aromatic rings. The lowest BCUT2D eigenvalue weighted by Crippen LogP contribution is -2.16. The van der Waals surface area contributed by atoms with Crippen molar-refractivity contribution < 1.29 is 4.74 Å². The van der Waals surface area contributed by atoms with Crippen LogP contribution in [0.1, 0.15) is 25.6 Å². The summed E-state index contributed by atoms with van der Waals surface area (Å²) >= 11 is 5.95. The Morgan fingerprint density at radius 3 is 2.88 bits per heavy atom. The van der Waals surface area contributed by atoms with Gasteiger partial charge in [-0.25, -0.2) is 9.97 Å². The Morgan fingerprint density at radius 1 is 1.41 bits per heavy atom. The summed E-state index contributed by atoms with van der Waals surface area (Å²) in [5, 5.41) is 3.79. The second-order valence-electron chi connectivity index (χ2n) is 3.91. The van der Waals surface area contributed by atoms with Crippen molar-refractivity contribution in [2.24, 2.45) is 0 Å². The van der Waals surface area contributed by atoms with Crippen LogP contribution < -0.4 is 5.32 Å². The average molecular weight is 254 g/mol. The number of halogens is 1. The number of rotatable bonds is 5. The minimum Gasteiger partial charge on any atom is -0.374 e. The van der Waals surface area contributed by atoms with Crippen LogP contribution in [0.2, 0.25) is 5.15 Å². The number of nitrogens with one attached hydrogen (secondary N) is 1. The average Bonchev–Trinajstić information content (AvgIpc) is 2.78. The highest BCUT2D eigenvalue weighted by Crippen LogP contribution is 2.18. The van der Waals surface area contributed by atoms with E-state index in [-0.39, 0.29) is 0 Å². The van der Waals surface area contributed by atoms with E-state index in [0.717, 1.165) is 18.7 Å². The van der Waals surface area contributed by atoms with Gasteiger partial charge in [-0.1, -0.05) is 23.8 Å². The zero-order valence-electron chi connectivity index (χ0n) is 9.82. The Morgan fingerprint density at radius 2 is 2.18 bits per heavy atom. The minimum absolute atomic E-state index is 0.397. The first-order valence-electron chi connectivity index (χ1n) is 5.80. The van der Waals surface area contributed by atoms with E-state index in [0.29, 0.717) is 30.2 Å². The molecule has 1 aliphatic rings. The standard InChI is InChI=1S/C12H16ClN3O/c1-2-17-8-12-15-10(13)7-11(16-12)14-9-5-3-4-6-9/h3-4,7,9H,2,5-6,8H2,1H3,(H,14,15,16). The molecule has 17 heavy (non-hydrogen) atoms. The van der Waals surface area contributed by atoms with Crippen LogP contribution in [0.3, 0.4) is 0 Å². The topological polar surface area (TPSA) is 47.0 Å². The third kappa shape index (κ3) is 3.68. The molecule has 0 aromatic carbocycles.